The molecule has 0 spiro atoms. The Kier molecular flexibility index (Phi) is 8.66. The molecular weight excluding hydrogens is 449 g/mol. The first-order chi connectivity index (χ1) is 13.4. The van der Waals surface area contributed by atoms with Crippen LogP contribution in [0.1, 0.15) is 7.12 Å². The molecule has 0 radical (unpaired) electrons. The Morgan fingerprint density at radius 3 is 2.79 bits per heavy atom. The van der Waals surface area contributed by atoms with E-state index in [9.17, 15) is 19.5 Å². The summed E-state index contributed by atoms with van der Waals surface area (Å²) >= 11 is 2.47. The fourth-order valence-corrected chi connectivity index (χ4v) is 4.75. The van der Waals surface area contributed by atoms with Crippen LogP contribution in [-0.2, 0) is 24.0 Å². The van der Waals surface area contributed by atoms with Gasteiger partial charge in [0.2, 0.25) is 0 Å². The quantitative estimate of drug-likeness (QED) is 0.161. The third kappa shape index (κ3) is 4.85. The molecule has 3 rings (SSSR count). The van der Waals surface area contributed by atoms with Crippen molar-refractivity contribution in [3.8, 4) is 0 Å². The van der Waals surface area contributed by atoms with Crippen LogP contribution in [0.2, 0.25) is 0 Å². The van der Waals surface area contributed by atoms with Crippen LogP contribution >= 0.6 is 23.1 Å². The number of aromatic nitrogens is 1. The maximum Gasteiger partial charge on any atom is 1.00 e. The molecule has 11 nitrogen and oxygen atoms in total. The molecule has 0 unspecified atom stereocenters. The van der Waals surface area contributed by atoms with E-state index in [4.69, 9.17) is 15.3 Å². The van der Waals surface area contributed by atoms with Crippen LogP contribution in [0.25, 0.3) is 0 Å². The maximum atomic E-state index is 12.6. The number of hydrogen-bond donors (Lipinski definition) is 3. The first-order valence-electron chi connectivity index (χ1n) is 7.91. The number of thiazole rings is 1. The summed E-state index contributed by atoms with van der Waals surface area (Å²) in [6.45, 7) is 0.109. The molecule has 2 aliphatic heterocycles. The van der Waals surface area contributed by atoms with Crippen LogP contribution in [0, 0.1) is 0 Å². The zero-order valence-electron chi connectivity index (χ0n) is 16.9. The van der Waals surface area contributed by atoms with Crippen molar-refractivity contribution >= 4 is 51.7 Å². The second-order valence-corrected chi connectivity index (χ2v) is 7.74. The summed E-state index contributed by atoms with van der Waals surface area (Å²) in [4.78, 5) is 46.7. The number of carboxylic acid groups (broad SMARTS) is 1. The molecular formula is C15H18KN5O6S2. The van der Waals surface area contributed by atoms with Gasteiger partial charge in [0, 0.05) is 18.2 Å². The number of nitrogens with one attached hydrogen (secondary N) is 1. The van der Waals surface area contributed by atoms with Gasteiger partial charge in [-0.3, -0.25) is 14.5 Å². The Hall–Kier alpha value is -1.00. The number of β-lactam (4-membered cyclic amide) rings is 1. The number of carbonyl (C=O) groups excluding carboxylic acids is 2. The van der Waals surface area contributed by atoms with Gasteiger partial charge in [0.05, 0.1) is 6.61 Å². The minimum Gasteiger partial charge on any atom is -1.00 e. The van der Waals surface area contributed by atoms with Crippen LogP contribution in [0.4, 0.5) is 5.13 Å². The summed E-state index contributed by atoms with van der Waals surface area (Å²) in [5, 5.41) is 17.0. The fraction of sp³-hybridized carbons (Fsp3) is 0.400. The van der Waals surface area contributed by atoms with Gasteiger partial charge in [-0.25, -0.2) is 9.78 Å². The minimum absolute atomic E-state index is 0. The molecule has 0 aliphatic carbocycles. The number of nitrogens with zero attached hydrogens (tertiary/aromatic N) is 3. The number of amides is 2. The average Bonchev–Trinajstić information content (AvgIpc) is 3.09. The number of nitrogens with two attached hydrogens (primary N) is 1. The molecule has 4 N–H and O–H groups in total. The molecule has 14 heteroatoms. The maximum absolute atomic E-state index is 12.6. The summed E-state index contributed by atoms with van der Waals surface area (Å²) in [5.41, 5.74) is 6.09. The van der Waals surface area contributed by atoms with Crippen molar-refractivity contribution in [2.75, 3.05) is 32.3 Å². The number of carbonyl (C=O) groups is 3. The topological polar surface area (TPSA) is 156 Å². The van der Waals surface area contributed by atoms with Crippen LogP contribution in [0.3, 0.4) is 0 Å². The number of ether oxygens (including phenoxy) is 1. The number of methoxy groups -OCH3 is 1. The number of carboxylic acids is 1. The van der Waals surface area contributed by atoms with Crippen molar-refractivity contribution in [1.82, 2.24) is 15.2 Å². The Morgan fingerprint density at radius 2 is 2.24 bits per heavy atom. The molecule has 2 aliphatic rings. The van der Waals surface area contributed by atoms with Crippen LogP contribution in [0.5, 0.6) is 0 Å². The van der Waals surface area contributed by atoms with Crippen molar-refractivity contribution < 1.29 is 81.9 Å². The first-order valence-corrected chi connectivity index (χ1v) is 9.84. The molecule has 2 amide bonds. The van der Waals surface area contributed by atoms with Gasteiger partial charge in [0.1, 0.15) is 29.9 Å². The Labute approximate surface area is 218 Å². The number of thioether (sulfide) groups is 1. The van der Waals surface area contributed by atoms with Crippen molar-refractivity contribution in [3.63, 3.8) is 0 Å². The summed E-state index contributed by atoms with van der Waals surface area (Å²) in [6, 6.07) is -0.894. The summed E-state index contributed by atoms with van der Waals surface area (Å²) < 4.78 is 5.02. The number of rotatable bonds is 7. The van der Waals surface area contributed by atoms with Gasteiger partial charge in [-0.05, 0) is 5.57 Å². The molecule has 0 saturated carbocycles. The van der Waals surface area contributed by atoms with Crippen LogP contribution in [0.15, 0.2) is 21.8 Å². The molecule has 0 aromatic carbocycles. The van der Waals surface area contributed by atoms with Crippen molar-refractivity contribution in [1.29, 1.82) is 0 Å². The zero-order chi connectivity index (χ0) is 20.4. The molecule has 152 valence electrons. The largest absolute Gasteiger partial charge is 1.00 e. The van der Waals surface area contributed by atoms with Crippen molar-refractivity contribution in [3.05, 3.63) is 22.3 Å². The number of aliphatic carboxylic acids is 1. The number of anilines is 1. The van der Waals surface area contributed by atoms with E-state index in [0.29, 0.717) is 11.3 Å². The Bertz CT molecular complexity index is 895. The smallest absolute Gasteiger partial charge is 1.00 e. The normalized spacial score (nSPS) is 21.1. The summed E-state index contributed by atoms with van der Waals surface area (Å²) in [7, 11) is 2.73. The Balaban J connectivity index is 0.00000225. The number of nitrogen functional groups attached to an aromatic ring is 1. The third-order valence-electron chi connectivity index (χ3n) is 4.02. The predicted molar refractivity (Wildman–Crippen MR) is 103 cm³/mol. The van der Waals surface area contributed by atoms with Gasteiger partial charge in [-0.2, -0.15) is 0 Å². The second-order valence-electron chi connectivity index (χ2n) is 5.74. The van der Waals surface area contributed by atoms with E-state index in [1.165, 1.54) is 30.9 Å². The molecule has 29 heavy (non-hydrogen) atoms. The van der Waals surface area contributed by atoms with E-state index in [1.807, 2.05) is 0 Å². The van der Waals surface area contributed by atoms with Gasteiger partial charge in [0.25, 0.3) is 11.8 Å². The van der Waals surface area contributed by atoms with Crippen molar-refractivity contribution in [2.24, 2.45) is 5.16 Å². The van der Waals surface area contributed by atoms with Gasteiger partial charge in [0.15, 0.2) is 10.8 Å². The van der Waals surface area contributed by atoms with Gasteiger partial charge >= 0.3 is 57.4 Å². The first kappa shape index (κ1) is 24.3. The average molecular weight is 468 g/mol. The van der Waals surface area contributed by atoms with E-state index < -0.39 is 29.2 Å². The van der Waals surface area contributed by atoms with E-state index in [1.54, 1.807) is 5.38 Å². The molecule has 1 saturated heterocycles. The van der Waals surface area contributed by atoms with E-state index in [2.05, 4.69) is 15.5 Å². The molecule has 2 atom stereocenters. The zero-order valence-corrected chi connectivity index (χ0v) is 20.6. The number of hydrogen-bond acceptors (Lipinski definition) is 10. The van der Waals surface area contributed by atoms with Crippen LogP contribution in [-0.4, -0.2) is 76.5 Å². The monoisotopic (exact) mass is 467 g/mol. The Morgan fingerprint density at radius 1 is 1.52 bits per heavy atom. The minimum atomic E-state index is -1.21. The second kappa shape index (κ2) is 10.3. The number of fused-ring (bicyclic) bond motifs is 1. The van der Waals surface area contributed by atoms with E-state index >= 15 is 0 Å². The summed E-state index contributed by atoms with van der Waals surface area (Å²) in [5.74, 6) is -2.03. The number of oxime groups is 1. The molecule has 0 bridgehead atoms. The van der Waals surface area contributed by atoms with E-state index in [-0.39, 0.29) is 81.7 Å². The molecule has 1 aromatic rings. The van der Waals surface area contributed by atoms with Crippen LogP contribution < -0.4 is 62.4 Å². The predicted octanol–water partition coefficient (Wildman–Crippen LogP) is -3.42. The molecule has 3 heterocycles. The fourth-order valence-electron chi connectivity index (χ4n) is 2.87. The molecule has 1 fully saturated rings. The van der Waals surface area contributed by atoms with Gasteiger partial charge in [-0.15, -0.1) is 23.1 Å². The van der Waals surface area contributed by atoms with E-state index in [0.717, 1.165) is 11.3 Å². The van der Waals surface area contributed by atoms with Crippen molar-refractivity contribution in [2.45, 2.75) is 11.4 Å². The van der Waals surface area contributed by atoms with Gasteiger partial charge < -0.3 is 27.2 Å². The summed E-state index contributed by atoms with van der Waals surface area (Å²) in [6.07, 6.45) is 0. The molecule has 1 aromatic heterocycles. The standard InChI is InChI=1S/C15H17N5O6S2.K.H/c1-25-3-6-4-27-13-9(12(22)20(13)10(6)14(23)24)18-11(21)8(19-26-2)7-5-28-15(16)17-7;;/h5,9,13H,3-4H2,1-2H3,(H2,16,17)(H,18,21)(H,23,24);;/q;+1;-1/b19-8-;;/t9-,13-;;/m1../s1. The SMILES string of the molecule is COCC1=C(C(=O)O)N2C(=O)[C@@H](NC(=O)/C(=N\OC)c3csc(N)n3)[C@H]2SC1.[H-].[K+]. The van der Waals surface area contributed by atoms with Gasteiger partial charge in [-0.1, -0.05) is 5.16 Å². The third-order valence-corrected chi connectivity index (χ3v) is 6.03.